The number of rotatable bonds is 9. The van der Waals surface area contributed by atoms with Crippen molar-refractivity contribution in [2.75, 3.05) is 4.90 Å². The Morgan fingerprint density at radius 3 is 1.79 bits per heavy atom. The number of hydrogen-bond donors (Lipinski definition) is 0. The monoisotopic (exact) mass is 579 g/mol. The van der Waals surface area contributed by atoms with Crippen LogP contribution in [0.2, 0.25) is 0 Å². The average Bonchev–Trinajstić information content (AvgIpc) is 3.68. The number of thiophene rings is 3. The maximum Gasteiger partial charge on any atom is 0.161 e. The van der Waals surface area contributed by atoms with E-state index < -0.39 is 0 Å². The van der Waals surface area contributed by atoms with Crippen LogP contribution in [0.3, 0.4) is 0 Å². The minimum Gasteiger partial charge on any atom is -0.311 e. The molecule has 6 rings (SSSR count). The summed E-state index contributed by atoms with van der Waals surface area (Å²) in [5, 5.41) is 1.75. The van der Waals surface area contributed by atoms with Crippen LogP contribution in [0.25, 0.3) is 30.3 Å². The van der Waals surface area contributed by atoms with E-state index in [9.17, 15) is 9.59 Å². The van der Waals surface area contributed by atoms with E-state index in [-0.39, 0.29) is 0 Å². The van der Waals surface area contributed by atoms with Crippen molar-refractivity contribution in [2.24, 2.45) is 0 Å². The van der Waals surface area contributed by atoms with Crippen molar-refractivity contribution in [1.82, 2.24) is 0 Å². The number of para-hydroxylation sites is 1. The second kappa shape index (κ2) is 11.2. The topological polar surface area (TPSA) is 37.4 Å². The molecule has 0 aliphatic rings. The summed E-state index contributed by atoms with van der Waals surface area (Å²) in [4.78, 5) is 29.5. The first-order valence-corrected chi connectivity index (χ1v) is 15.4. The predicted octanol–water partition coefficient (Wildman–Crippen LogP) is 10.7. The van der Waals surface area contributed by atoms with Crippen molar-refractivity contribution in [3.8, 4) is 20.9 Å². The van der Waals surface area contributed by atoms with Crippen LogP contribution >= 0.6 is 45.8 Å². The fourth-order valence-corrected chi connectivity index (χ4v) is 8.40. The molecule has 3 aromatic heterocycles. The van der Waals surface area contributed by atoms with Gasteiger partial charge < -0.3 is 4.90 Å². The van der Waals surface area contributed by atoms with Crippen molar-refractivity contribution < 1.29 is 9.59 Å². The van der Waals surface area contributed by atoms with Crippen molar-refractivity contribution >= 4 is 84.8 Å². The van der Waals surface area contributed by atoms with Crippen LogP contribution in [0.5, 0.6) is 0 Å². The third-order valence-electron chi connectivity index (χ3n) is 6.22. The number of aldehydes is 2. The summed E-state index contributed by atoms with van der Waals surface area (Å²) < 4.78 is 2.29. The zero-order valence-electron chi connectivity index (χ0n) is 20.6. The standard InChI is InChI=1S/C32H21NO2S4/c1-2-36-29-17-27(39-32(29)20-35)21-8-12-24(13-9-21)33(23-6-4-3-5-7-23)25-14-10-22(11-15-25)28-18-31-30(38-28)16-26(19-34)37-31/h2-20H,1H2. The largest absolute Gasteiger partial charge is 0.311 e. The van der Waals surface area contributed by atoms with Crippen LogP contribution in [0.4, 0.5) is 17.1 Å². The molecular weight excluding hydrogens is 559 g/mol. The molecule has 3 heterocycles. The van der Waals surface area contributed by atoms with Gasteiger partial charge in [0, 0.05) is 41.1 Å². The Morgan fingerprint density at radius 2 is 1.23 bits per heavy atom. The molecule has 0 amide bonds. The lowest BCUT2D eigenvalue weighted by molar-refractivity contribution is 0.111. The lowest BCUT2D eigenvalue weighted by Crippen LogP contribution is -2.09. The molecule has 0 spiro atoms. The number of nitrogens with zero attached hydrogens (tertiary/aromatic N) is 1. The molecule has 7 heteroatoms. The molecule has 0 unspecified atom stereocenters. The molecule has 0 radical (unpaired) electrons. The lowest BCUT2D eigenvalue weighted by atomic mass is 10.1. The zero-order chi connectivity index (χ0) is 26.8. The number of fused-ring (bicyclic) bond motifs is 1. The van der Waals surface area contributed by atoms with Gasteiger partial charge in [-0.3, -0.25) is 9.59 Å². The van der Waals surface area contributed by atoms with E-state index in [4.69, 9.17) is 0 Å². The van der Waals surface area contributed by atoms with Gasteiger partial charge in [-0.25, -0.2) is 0 Å². The third-order valence-corrected chi connectivity index (χ3v) is 10.5. The summed E-state index contributed by atoms with van der Waals surface area (Å²) in [5.74, 6) is 0. The lowest BCUT2D eigenvalue weighted by Gasteiger charge is -2.25. The van der Waals surface area contributed by atoms with Gasteiger partial charge in [0.05, 0.1) is 9.75 Å². The molecule has 0 saturated heterocycles. The van der Waals surface area contributed by atoms with Gasteiger partial charge in [-0.05, 0) is 71.1 Å². The summed E-state index contributed by atoms with van der Waals surface area (Å²) in [7, 11) is 0. The number of hydrogen-bond acceptors (Lipinski definition) is 7. The fourth-order valence-electron chi connectivity index (χ4n) is 4.42. The molecule has 39 heavy (non-hydrogen) atoms. The van der Waals surface area contributed by atoms with E-state index in [1.165, 1.54) is 39.3 Å². The van der Waals surface area contributed by atoms with Gasteiger partial charge >= 0.3 is 0 Å². The maximum absolute atomic E-state index is 11.5. The molecule has 3 aromatic carbocycles. The summed E-state index contributed by atoms with van der Waals surface area (Å²) in [5.41, 5.74) is 5.40. The number of benzene rings is 3. The molecular formula is C32H21NO2S4. The Bertz CT molecular complexity index is 1750. The minimum atomic E-state index is 0.722. The highest BCUT2D eigenvalue weighted by atomic mass is 32.2. The van der Waals surface area contributed by atoms with E-state index >= 15 is 0 Å². The van der Waals surface area contributed by atoms with Crippen molar-refractivity contribution in [2.45, 2.75) is 4.90 Å². The summed E-state index contributed by atoms with van der Waals surface area (Å²) in [6.07, 6.45) is 1.83. The Labute approximate surface area is 242 Å². The second-order valence-corrected chi connectivity index (χ2v) is 12.9. The van der Waals surface area contributed by atoms with Crippen LogP contribution in [-0.2, 0) is 0 Å². The first-order chi connectivity index (χ1) is 19.2. The van der Waals surface area contributed by atoms with Crippen LogP contribution < -0.4 is 4.90 Å². The Kier molecular flexibility index (Phi) is 7.30. The van der Waals surface area contributed by atoms with Gasteiger partial charge in [-0.2, -0.15) is 0 Å². The fraction of sp³-hybridized carbons (Fsp3) is 0. The Hall–Kier alpha value is -3.75. The van der Waals surface area contributed by atoms with Crippen LogP contribution in [-0.4, -0.2) is 12.6 Å². The highest BCUT2D eigenvalue weighted by Gasteiger charge is 2.15. The average molecular weight is 580 g/mol. The Balaban J connectivity index is 1.33. The highest BCUT2D eigenvalue weighted by molar-refractivity contribution is 8.02. The number of thioether (sulfide) groups is 1. The zero-order valence-corrected chi connectivity index (χ0v) is 23.8. The molecule has 0 bridgehead atoms. The summed E-state index contributed by atoms with van der Waals surface area (Å²) in [6.45, 7) is 3.77. The third kappa shape index (κ3) is 5.14. The molecule has 0 fully saturated rings. The van der Waals surface area contributed by atoms with Gasteiger partial charge in [-0.15, -0.1) is 34.0 Å². The second-order valence-electron chi connectivity index (χ2n) is 8.61. The van der Waals surface area contributed by atoms with Gasteiger partial charge in [0.25, 0.3) is 0 Å². The first kappa shape index (κ1) is 25.5. The van der Waals surface area contributed by atoms with Gasteiger partial charge in [0.1, 0.15) is 0 Å². The maximum atomic E-state index is 11.5. The quantitative estimate of drug-likeness (QED) is 0.126. The van der Waals surface area contributed by atoms with Crippen LogP contribution in [0.1, 0.15) is 19.3 Å². The molecule has 0 atom stereocenters. The SMILES string of the molecule is C=CSc1cc(-c2ccc(N(c3ccccc3)c3ccc(-c4cc5sc(C=O)cc5s4)cc3)cc2)sc1C=O. The van der Waals surface area contributed by atoms with E-state index in [2.05, 4.69) is 84.3 Å². The van der Waals surface area contributed by atoms with Crippen LogP contribution in [0.15, 0.2) is 114 Å². The first-order valence-electron chi connectivity index (χ1n) is 12.1. The molecule has 190 valence electrons. The van der Waals surface area contributed by atoms with Gasteiger partial charge in [-0.1, -0.05) is 60.8 Å². The highest BCUT2D eigenvalue weighted by Crippen LogP contribution is 2.41. The normalized spacial score (nSPS) is 11.0. The molecule has 0 saturated carbocycles. The van der Waals surface area contributed by atoms with Crippen LogP contribution in [0, 0.1) is 0 Å². The smallest absolute Gasteiger partial charge is 0.161 e. The van der Waals surface area contributed by atoms with Crippen molar-refractivity contribution in [3.63, 3.8) is 0 Å². The minimum absolute atomic E-state index is 0.722. The molecule has 0 aliphatic heterocycles. The number of carbonyl (C=O) groups is 2. The van der Waals surface area contributed by atoms with E-state index in [1.54, 1.807) is 16.7 Å². The van der Waals surface area contributed by atoms with E-state index in [0.717, 1.165) is 69.7 Å². The Morgan fingerprint density at radius 1 is 0.641 bits per heavy atom. The summed E-state index contributed by atoms with van der Waals surface area (Å²) >= 11 is 6.21. The van der Waals surface area contributed by atoms with Gasteiger partial charge in [0.15, 0.2) is 12.6 Å². The van der Waals surface area contributed by atoms with Crippen molar-refractivity contribution in [1.29, 1.82) is 0 Å². The molecule has 3 nitrogen and oxygen atoms in total. The number of carbonyl (C=O) groups excluding carboxylic acids is 2. The van der Waals surface area contributed by atoms with Gasteiger partial charge in [0.2, 0.25) is 0 Å². The van der Waals surface area contributed by atoms with E-state index in [0.29, 0.717) is 0 Å². The number of anilines is 3. The predicted molar refractivity (Wildman–Crippen MR) is 170 cm³/mol. The molecule has 0 aliphatic carbocycles. The molecule has 0 N–H and O–H groups in total. The van der Waals surface area contributed by atoms with Crippen molar-refractivity contribution in [3.05, 3.63) is 119 Å². The summed E-state index contributed by atoms with van der Waals surface area (Å²) in [6, 6.07) is 33.6. The molecule has 6 aromatic rings. The van der Waals surface area contributed by atoms with E-state index in [1.807, 2.05) is 24.3 Å².